The first kappa shape index (κ1) is 17.0. The molecule has 0 fully saturated rings. The third-order valence-electron chi connectivity index (χ3n) is 3.86. The lowest BCUT2D eigenvalue weighted by Crippen LogP contribution is -2.37. The van der Waals surface area contributed by atoms with E-state index in [2.05, 4.69) is 10.6 Å². The lowest BCUT2D eigenvalue weighted by atomic mass is 10.2. The highest BCUT2D eigenvalue weighted by Gasteiger charge is 2.16. The fraction of sp³-hybridized carbons (Fsp3) is 0.211. The maximum Gasteiger partial charge on any atom is 0.315 e. The number of furan rings is 1. The smallest absolute Gasteiger partial charge is 0.315 e. The van der Waals surface area contributed by atoms with Gasteiger partial charge in [0.15, 0.2) is 0 Å². The summed E-state index contributed by atoms with van der Waals surface area (Å²) in [5.41, 5.74) is 1.59. The highest BCUT2D eigenvalue weighted by molar-refractivity contribution is 5.78. The van der Waals surface area contributed by atoms with Gasteiger partial charge in [-0.2, -0.15) is 0 Å². The van der Waals surface area contributed by atoms with E-state index in [1.165, 1.54) is 12.1 Å². The van der Waals surface area contributed by atoms with Crippen molar-refractivity contribution in [1.82, 2.24) is 10.6 Å². The van der Waals surface area contributed by atoms with E-state index in [0.717, 1.165) is 16.5 Å². The van der Waals surface area contributed by atoms with Gasteiger partial charge >= 0.3 is 6.03 Å². The Kier molecular flexibility index (Phi) is 5.30. The van der Waals surface area contributed by atoms with Crippen LogP contribution < -0.4 is 10.6 Å². The Balaban J connectivity index is 1.53. The van der Waals surface area contributed by atoms with Crippen molar-refractivity contribution in [2.45, 2.75) is 12.6 Å². The zero-order valence-electron chi connectivity index (χ0n) is 13.8. The van der Waals surface area contributed by atoms with Crippen LogP contribution in [0.15, 0.2) is 59.0 Å². The fourth-order valence-corrected chi connectivity index (χ4v) is 2.49. The average molecular weight is 342 g/mol. The standard InChI is InChI=1S/C19H19FN2O3/c1-24-18(17-10-14-4-2-3-5-16(14)25-17)12-22-19(23)21-11-13-6-8-15(20)9-7-13/h2-10,18H,11-12H2,1H3,(H2,21,22,23)/t18-/m1/s1. The first-order valence-corrected chi connectivity index (χ1v) is 7.93. The molecule has 0 unspecified atom stereocenters. The van der Waals surface area contributed by atoms with Gasteiger partial charge in [0, 0.05) is 19.0 Å². The van der Waals surface area contributed by atoms with Gasteiger partial charge in [0.2, 0.25) is 0 Å². The number of ether oxygens (including phenoxy) is 1. The Hall–Kier alpha value is -2.86. The van der Waals surface area contributed by atoms with Crippen molar-refractivity contribution < 1.29 is 18.3 Å². The van der Waals surface area contributed by atoms with Crippen molar-refractivity contribution >= 4 is 17.0 Å². The maximum absolute atomic E-state index is 12.8. The fourth-order valence-electron chi connectivity index (χ4n) is 2.49. The molecule has 5 nitrogen and oxygen atoms in total. The summed E-state index contributed by atoms with van der Waals surface area (Å²) in [6.45, 7) is 0.583. The van der Waals surface area contributed by atoms with Gasteiger partial charge in [0.05, 0.1) is 6.54 Å². The summed E-state index contributed by atoms with van der Waals surface area (Å²) in [6, 6.07) is 15.2. The van der Waals surface area contributed by atoms with Crippen LogP contribution in [0.1, 0.15) is 17.4 Å². The lowest BCUT2D eigenvalue weighted by molar-refractivity contribution is 0.0865. The van der Waals surface area contributed by atoms with Crippen LogP contribution in [0.3, 0.4) is 0 Å². The highest BCUT2D eigenvalue weighted by Crippen LogP contribution is 2.25. The number of methoxy groups -OCH3 is 1. The van der Waals surface area contributed by atoms with E-state index in [1.807, 2.05) is 30.3 Å². The normalized spacial score (nSPS) is 12.1. The summed E-state index contributed by atoms with van der Waals surface area (Å²) in [7, 11) is 1.57. The van der Waals surface area contributed by atoms with Crippen molar-refractivity contribution in [1.29, 1.82) is 0 Å². The largest absolute Gasteiger partial charge is 0.458 e. The van der Waals surface area contributed by atoms with Crippen LogP contribution >= 0.6 is 0 Å². The molecular weight excluding hydrogens is 323 g/mol. The SMILES string of the molecule is CO[C@H](CNC(=O)NCc1ccc(F)cc1)c1cc2ccccc2o1. The topological polar surface area (TPSA) is 63.5 Å². The predicted molar refractivity (Wildman–Crippen MR) is 92.6 cm³/mol. The number of fused-ring (bicyclic) bond motifs is 1. The molecule has 1 aromatic heterocycles. The zero-order valence-corrected chi connectivity index (χ0v) is 13.8. The van der Waals surface area contributed by atoms with E-state index < -0.39 is 0 Å². The van der Waals surface area contributed by atoms with E-state index >= 15 is 0 Å². The van der Waals surface area contributed by atoms with Gasteiger partial charge in [-0.05, 0) is 29.8 Å². The van der Waals surface area contributed by atoms with Crippen LogP contribution in [0.2, 0.25) is 0 Å². The summed E-state index contributed by atoms with van der Waals surface area (Å²) >= 11 is 0. The van der Waals surface area contributed by atoms with Crippen molar-refractivity contribution in [2.24, 2.45) is 0 Å². The number of hydrogen-bond acceptors (Lipinski definition) is 3. The molecule has 0 aliphatic rings. The molecule has 0 aliphatic carbocycles. The van der Waals surface area contributed by atoms with Crippen LogP contribution in [0.4, 0.5) is 9.18 Å². The molecule has 25 heavy (non-hydrogen) atoms. The Morgan fingerprint density at radius 1 is 1.16 bits per heavy atom. The second-order valence-electron chi connectivity index (χ2n) is 5.60. The van der Waals surface area contributed by atoms with Gasteiger partial charge < -0.3 is 19.8 Å². The van der Waals surface area contributed by atoms with Gasteiger partial charge in [-0.25, -0.2) is 9.18 Å². The van der Waals surface area contributed by atoms with E-state index in [4.69, 9.17) is 9.15 Å². The summed E-state index contributed by atoms with van der Waals surface area (Å²) < 4.78 is 24.0. The van der Waals surface area contributed by atoms with Gasteiger partial charge in [0.25, 0.3) is 0 Å². The van der Waals surface area contributed by atoms with Crippen molar-refractivity contribution in [3.8, 4) is 0 Å². The molecule has 1 atom stereocenters. The summed E-state index contributed by atoms with van der Waals surface area (Å²) in [5.74, 6) is 0.351. The number of hydrogen-bond donors (Lipinski definition) is 2. The van der Waals surface area contributed by atoms with E-state index in [9.17, 15) is 9.18 Å². The van der Waals surface area contributed by atoms with Crippen LogP contribution in [-0.4, -0.2) is 19.7 Å². The lowest BCUT2D eigenvalue weighted by Gasteiger charge is -2.14. The van der Waals surface area contributed by atoms with Gasteiger partial charge in [0.1, 0.15) is 23.3 Å². The van der Waals surface area contributed by atoms with Crippen molar-refractivity contribution in [2.75, 3.05) is 13.7 Å². The number of benzene rings is 2. The molecule has 0 spiro atoms. The molecular formula is C19H19FN2O3. The quantitative estimate of drug-likeness (QED) is 0.717. The Bertz CT molecular complexity index is 812. The van der Waals surface area contributed by atoms with Crippen LogP contribution in [-0.2, 0) is 11.3 Å². The number of amides is 2. The van der Waals surface area contributed by atoms with Crippen molar-refractivity contribution in [3.63, 3.8) is 0 Å². The Morgan fingerprint density at radius 3 is 2.64 bits per heavy atom. The van der Waals surface area contributed by atoms with Crippen molar-refractivity contribution in [3.05, 3.63) is 71.7 Å². The van der Waals surface area contributed by atoms with Gasteiger partial charge in [-0.15, -0.1) is 0 Å². The molecule has 3 rings (SSSR count). The number of carbonyl (C=O) groups excluding carboxylic acids is 1. The first-order valence-electron chi connectivity index (χ1n) is 7.93. The summed E-state index contributed by atoms with van der Waals surface area (Å²) in [6.07, 6.45) is -0.385. The van der Waals surface area contributed by atoms with Crippen LogP contribution in [0, 0.1) is 5.82 Å². The minimum absolute atomic E-state index is 0.269. The van der Waals surface area contributed by atoms with Gasteiger partial charge in [-0.3, -0.25) is 0 Å². The molecule has 2 N–H and O–H groups in total. The molecule has 0 radical (unpaired) electrons. The molecule has 0 aliphatic heterocycles. The maximum atomic E-state index is 12.8. The number of para-hydroxylation sites is 1. The second kappa shape index (κ2) is 7.81. The zero-order chi connectivity index (χ0) is 17.6. The number of nitrogens with one attached hydrogen (secondary N) is 2. The van der Waals surface area contributed by atoms with E-state index in [0.29, 0.717) is 12.3 Å². The first-order chi connectivity index (χ1) is 12.2. The molecule has 3 aromatic rings. The van der Waals surface area contributed by atoms with Crippen LogP contribution in [0.5, 0.6) is 0 Å². The van der Waals surface area contributed by atoms with E-state index in [-0.39, 0.29) is 24.5 Å². The Labute approximate surface area is 144 Å². The number of halogens is 1. The minimum atomic E-state index is -0.385. The number of urea groups is 1. The highest BCUT2D eigenvalue weighted by atomic mass is 19.1. The van der Waals surface area contributed by atoms with E-state index in [1.54, 1.807) is 19.2 Å². The summed E-state index contributed by atoms with van der Waals surface area (Å²) in [5, 5.41) is 6.45. The minimum Gasteiger partial charge on any atom is -0.458 e. The third-order valence-corrected chi connectivity index (χ3v) is 3.86. The molecule has 1 heterocycles. The molecule has 2 aromatic carbocycles. The second-order valence-corrected chi connectivity index (χ2v) is 5.60. The Morgan fingerprint density at radius 2 is 1.92 bits per heavy atom. The molecule has 6 heteroatoms. The number of carbonyl (C=O) groups is 1. The molecule has 0 saturated heterocycles. The molecule has 0 bridgehead atoms. The molecule has 2 amide bonds. The number of rotatable bonds is 6. The average Bonchev–Trinajstić information content (AvgIpc) is 3.05. The molecule has 0 saturated carbocycles. The van der Waals surface area contributed by atoms with Gasteiger partial charge in [-0.1, -0.05) is 30.3 Å². The predicted octanol–water partition coefficient (Wildman–Crippen LogP) is 3.76. The third kappa shape index (κ3) is 4.36. The summed E-state index contributed by atoms with van der Waals surface area (Å²) in [4.78, 5) is 11.9. The monoisotopic (exact) mass is 342 g/mol. The van der Waals surface area contributed by atoms with Crippen LogP contribution in [0.25, 0.3) is 11.0 Å². The molecule has 130 valence electrons.